The Bertz CT molecular complexity index is 732. The van der Waals surface area contributed by atoms with Crippen LogP contribution in [0, 0.1) is 0 Å². The van der Waals surface area contributed by atoms with Gasteiger partial charge in [-0.05, 0) is 29.8 Å². The number of aliphatic imine (C=N–C) groups is 1. The van der Waals surface area contributed by atoms with E-state index >= 15 is 0 Å². The number of ether oxygens (including phenoxy) is 2. The van der Waals surface area contributed by atoms with E-state index in [1.54, 1.807) is 25.4 Å². The molecule has 0 aliphatic rings. The van der Waals surface area contributed by atoms with Crippen molar-refractivity contribution in [2.75, 3.05) is 21.3 Å². The number of methoxy groups -OCH3 is 2. The normalized spacial score (nSPS) is 10.9. The molecule has 2 N–H and O–H groups in total. The predicted molar refractivity (Wildman–Crippen MR) is 95.6 cm³/mol. The summed E-state index contributed by atoms with van der Waals surface area (Å²) in [5.74, 6) is 0.686. The summed E-state index contributed by atoms with van der Waals surface area (Å²) in [5, 5.41) is 6.38. The molecule has 0 saturated carbocycles. The van der Waals surface area contributed by atoms with Crippen LogP contribution in [0.25, 0.3) is 0 Å². The van der Waals surface area contributed by atoms with Gasteiger partial charge < -0.3 is 20.1 Å². The summed E-state index contributed by atoms with van der Waals surface area (Å²) in [5.41, 5.74) is 2.21. The molecule has 1 heterocycles. The Morgan fingerprint density at radius 3 is 2.60 bits per heavy atom. The first-order valence-corrected chi connectivity index (χ1v) is 7.77. The summed E-state index contributed by atoms with van der Waals surface area (Å²) in [6.45, 7) is 1.06. The van der Waals surface area contributed by atoms with E-state index in [9.17, 15) is 4.79 Å². The Kier molecular flexibility index (Phi) is 6.76. The van der Waals surface area contributed by atoms with Crippen LogP contribution in [0.3, 0.4) is 0 Å². The second-order valence-electron chi connectivity index (χ2n) is 5.13. The number of pyridine rings is 1. The maximum Gasteiger partial charge on any atom is 0.341 e. The van der Waals surface area contributed by atoms with Gasteiger partial charge in [-0.1, -0.05) is 12.1 Å². The first-order chi connectivity index (χ1) is 12.2. The van der Waals surface area contributed by atoms with Gasteiger partial charge in [0.2, 0.25) is 0 Å². The monoisotopic (exact) mass is 342 g/mol. The van der Waals surface area contributed by atoms with Gasteiger partial charge in [0.05, 0.1) is 26.5 Å². The van der Waals surface area contributed by atoms with Crippen LogP contribution in [0.1, 0.15) is 21.6 Å². The second kappa shape index (κ2) is 9.27. The van der Waals surface area contributed by atoms with Crippen molar-refractivity contribution >= 4 is 11.9 Å². The van der Waals surface area contributed by atoms with Gasteiger partial charge in [-0.25, -0.2) is 4.79 Å². The van der Waals surface area contributed by atoms with Gasteiger partial charge >= 0.3 is 5.97 Å². The zero-order valence-corrected chi connectivity index (χ0v) is 14.6. The molecule has 0 aliphatic carbocycles. The number of hydrogen-bond donors (Lipinski definition) is 2. The van der Waals surface area contributed by atoms with Gasteiger partial charge in [-0.3, -0.25) is 9.98 Å². The number of aromatic nitrogens is 1. The van der Waals surface area contributed by atoms with Crippen molar-refractivity contribution in [2.24, 2.45) is 4.99 Å². The number of carbonyl (C=O) groups excluding carboxylic acids is 1. The fourth-order valence-electron chi connectivity index (χ4n) is 2.22. The highest BCUT2D eigenvalue weighted by molar-refractivity contribution is 5.92. The number of esters is 1. The minimum atomic E-state index is -0.434. The van der Waals surface area contributed by atoms with E-state index in [0.717, 1.165) is 11.3 Å². The quantitative estimate of drug-likeness (QED) is 0.473. The molecule has 7 nitrogen and oxygen atoms in total. The maximum absolute atomic E-state index is 11.8. The summed E-state index contributed by atoms with van der Waals surface area (Å²) in [7, 11) is 4.56. The van der Waals surface area contributed by atoms with E-state index < -0.39 is 5.97 Å². The van der Waals surface area contributed by atoms with Crippen LogP contribution < -0.4 is 15.4 Å². The number of carbonyl (C=O) groups is 1. The number of rotatable bonds is 6. The van der Waals surface area contributed by atoms with Crippen molar-refractivity contribution in [3.05, 3.63) is 59.4 Å². The lowest BCUT2D eigenvalue weighted by Crippen LogP contribution is -2.36. The minimum Gasteiger partial charge on any atom is -0.496 e. The van der Waals surface area contributed by atoms with Crippen molar-refractivity contribution in [2.45, 2.75) is 13.1 Å². The highest BCUT2D eigenvalue weighted by Crippen LogP contribution is 2.20. The SMILES string of the molecule is CN=C(NCc1ccc(OC)c(C(=O)OC)c1)NCc1ccccn1. The van der Waals surface area contributed by atoms with E-state index in [0.29, 0.717) is 30.4 Å². The summed E-state index contributed by atoms with van der Waals surface area (Å²) in [6.07, 6.45) is 1.75. The molecule has 132 valence electrons. The molecule has 2 rings (SSSR count). The Morgan fingerprint density at radius 2 is 1.96 bits per heavy atom. The van der Waals surface area contributed by atoms with E-state index in [1.165, 1.54) is 14.2 Å². The lowest BCUT2D eigenvalue weighted by atomic mass is 10.1. The van der Waals surface area contributed by atoms with Crippen molar-refractivity contribution in [3.63, 3.8) is 0 Å². The van der Waals surface area contributed by atoms with Gasteiger partial charge in [0.15, 0.2) is 5.96 Å². The zero-order chi connectivity index (χ0) is 18.1. The lowest BCUT2D eigenvalue weighted by Gasteiger charge is -2.13. The Balaban J connectivity index is 1.98. The molecule has 0 saturated heterocycles. The summed E-state index contributed by atoms with van der Waals surface area (Å²) < 4.78 is 9.98. The Labute approximate surface area is 147 Å². The van der Waals surface area contributed by atoms with E-state index in [1.807, 2.05) is 24.3 Å². The van der Waals surface area contributed by atoms with Gasteiger partial charge in [0.1, 0.15) is 11.3 Å². The molecule has 0 bridgehead atoms. The molecule has 0 unspecified atom stereocenters. The van der Waals surface area contributed by atoms with Crippen molar-refractivity contribution < 1.29 is 14.3 Å². The van der Waals surface area contributed by atoms with Gasteiger partial charge in [0.25, 0.3) is 0 Å². The fourth-order valence-corrected chi connectivity index (χ4v) is 2.22. The first-order valence-electron chi connectivity index (χ1n) is 7.77. The topological polar surface area (TPSA) is 84.8 Å². The molecule has 1 aromatic carbocycles. The van der Waals surface area contributed by atoms with Crippen LogP contribution in [0.5, 0.6) is 5.75 Å². The molecular weight excluding hydrogens is 320 g/mol. The second-order valence-corrected chi connectivity index (χ2v) is 5.13. The molecular formula is C18H22N4O3. The predicted octanol–water partition coefficient (Wildman–Crippen LogP) is 1.74. The minimum absolute atomic E-state index is 0.390. The highest BCUT2D eigenvalue weighted by atomic mass is 16.5. The van der Waals surface area contributed by atoms with Crippen molar-refractivity contribution in [1.29, 1.82) is 0 Å². The van der Waals surface area contributed by atoms with E-state index in [-0.39, 0.29) is 0 Å². The van der Waals surface area contributed by atoms with Gasteiger partial charge in [-0.15, -0.1) is 0 Å². The number of nitrogens with zero attached hydrogens (tertiary/aromatic N) is 2. The number of nitrogens with one attached hydrogen (secondary N) is 2. The number of hydrogen-bond acceptors (Lipinski definition) is 5. The largest absolute Gasteiger partial charge is 0.496 e. The van der Waals surface area contributed by atoms with Crippen LogP contribution >= 0.6 is 0 Å². The van der Waals surface area contributed by atoms with E-state index in [4.69, 9.17) is 9.47 Å². The summed E-state index contributed by atoms with van der Waals surface area (Å²) in [4.78, 5) is 20.3. The van der Waals surface area contributed by atoms with Crippen molar-refractivity contribution in [1.82, 2.24) is 15.6 Å². The Hall–Kier alpha value is -3.09. The number of guanidine groups is 1. The number of benzene rings is 1. The standard InChI is InChI=1S/C18H22N4O3/c1-19-18(22-12-14-6-4-5-9-20-14)21-11-13-7-8-16(24-2)15(10-13)17(23)25-3/h4-10H,11-12H2,1-3H3,(H2,19,21,22). The summed E-state index contributed by atoms with van der Waals surface area (Å²) >= 11 is 0. The van der Waals surface area contributed by atoms with Crippen LogP contribution in [-0.2, 0) is 17.8 Å². The summed E-state index contributed by atoms with van der Waals surface area (Å²) in [6, 6.07) is 11.1. The molecule has 0 aliphatic heterocycles. The molecule has 0 spiro atoms. The smallest absolute Gasteiger partial charge is 0.341 e. The molecule has 1 aromatic heterocycles. The molecule has 0 radical (unpaired) electrons. The molecule has 0 atom stereocenters. The molecule has 7 heteroatoms. The van der Waals surface area contributed by atoms with Gasteiger partial charge in [-0.2, -0.15) is 0 Å². The van der Waals surface area contributed by atoms with Crippen molar-refractivity contribution in [3.8, 4) is 5.75 Å². The highest BCUT2D eigenvalue weighted by Gasteiger charge is 2.13. The third kappa shape index (κ3) is 5.20. The average Bonchev–Trinajstić information content (AvgIpc) is 2.68. The van der Waals surface area contributed by atoms with Crippen LogP contribution in [0.4, 0.5) is 0 Å². The van der Waals surface area contributed by atoms with E-state index in [2.05, 4.69) is 20.6 Å². The third-order valence-corrected chi connectivity index (χ3v) is 3.52. The van der Waals surface area contributed by atoms with Crippen LogP contribution in [0.2, 0.25) is 0 Å². The van der Waals surface area contributed by atoms with Gasteiger partial charge in [0, 0.05) is 19.8 Å². The third-order valence-electron chi connectivity index (χ3n) is 3.52. The maximum atomic E-state index is 11.8. The molecule has 0 amide bonds. The Morgan fingerprint density at radius 1 is 1.16 bits per heavy atom. The fraction of sp³-hybridized carbons (Fsp3) is 0.278. The first kappa shape index (κ1) is 18.3. The zero-order valence-electron chi connectivity index (χ0n) is 14.6. The molecule has 25 heavy (non-hydrogen) atoms. The average molecular weight is 342 g/mol. The lowest BCUT2D eigenvalue weighted by molar-refractivity contribution is 0.0597. The molecule has 2 aromatic rings. The van der Waals surface area contributed by atoms with Crippen LogP contribution in [0.15, 0.2) is 47.6 Å². The molecule has 0 fully saturated rings. The van der Waals surface area contributed by atoms with Crippen LogP contribution in [-0.4, -0.2) is 38.2 Å².